The number of nitro groups is 1. The SMILES string of the molecule is CN(c1ccc2c(c1)CN(C(N)=O)C2)c1nc(Nc2ccc(Cl)cc2)ncc1[N+](=O)[O-]. The van der Waals surface area contributed by atoms with Gasteiger partial charge in [0.05, 0.1) is 4.92 Å². The van der Waals surface area contributed by atoms with Gasteiger partial charge in [-0.05, 0) is 47.5 Å². The summed E-state index contributed by atoms with van der Waals surface area (Å²) in [5, 5.41) is 15.2. The molecule has 158 valence electrons. The first-order chi connectivity index (χ1) is 14.8. The Bertz CT molecular complexity index is 1170. The molecule has 10 nitrogen and oxygen atoms in total. The number of nitrogens with two attached hydrogens (primary N) is 1. The highest BCUT2D eigenvalue weighted by atomic mass is 35.5. The van der Waals surface area contributed by atoms with Crippen molar-refractivity contribution < 1.29 is 9.72 Å². The molecule has 0 unspecified atom stereocenters. The standard InChI is InChI=1S/C20H18ClN7O3/c1-26(16-7-2-12-10-27(19(22)29)11-13(12)8-16)18-17(28(30)31)9-23-20(25-18)24-15-5-3-14(21)4-6-15/h2-9H,10-11H2,1H3,(H2,22,29)(H,23,24,25). The molecule has 0 saturated carbocycles. The Morgan fingerprint density at radius 2 is 1.94 bits per heavy atom. The quantitative estimate of drug-likeness (QED) is 0.454. The Kier molecular flexibility index (Phi) is 5.30. The maximum atomic E-state index is 11.6. The van der Waals surface area contributed by atoms with Crippen molar-refractivity contribution in [2.75, 3.05) is 17.3 Å². The normalized spacial score (nSPS) is 12.4. The molecule has 2 amide bonds. The molecule has 4 rings (SSSR count). The van der Waals surface area contributed by atoms with Gasteiger partial charge in [-0.1, -0.05) is 17.7 Å². The van der Waals surface area contributed by atoms with Gasteiger partial charge in [-0.25, -0.2) is 9.78 Å². The molecular weight excluding hydrogens is 422 g/mol. The van der Waals surface area contributed by atoms with Crippen LogP contribution in [0.15, 0.2) is 48.7 Å². The Hall–Kier alpha value is -3.92. The molecule has 2 aromatic carbocycles. The summed E-state index contributed by atoms with van der Waals surface area (Å²) in [7, 11) is 1.68. The molecule has 31 heavy (non-hydrogen) atoms. The predicted molar refractivity (Wildman–Crippen MR) is 117 cm³/mol. The summed E-state index contributed by atoms with van der Waals surface area (Å²) in [5.41, 5.74) is 8.43. The molecule has 0 atom stereocenters. The third kappa shape index (κ3) is 4.19. The lowest BCUT2D eigenvalue weighted by Gasteiger charge is -2.19. The highest BCUT2D eigenvalue weighted by molar-refractivity contribution is 6.30. The number of rotatable bonds is 5. The van der Waals surface area contributed by atoms with E-state index in [4.69, 9.17) is 17.3 Å². The largest absolute Gasteiger partial charge is 0.351 e. The summed E-state index contributed by atoms with van der Waals surface area (Å²) in [4.78, 5) is 34.1. The highest BCUT2D eigenvalue weighted by Crippen LogP contribution is 2.34. The molecule has 0 spiro atoms. The van der Waals surface area contributed by atoms with Crippen LogP contribution < -0.4 is 16.0 Å². The van der Waals surface area contributed by atoms with Crippen molar-refractivity contribution in [2.45, 2.75) is 13.1 Å². The van der Waals surface area contributed by atoms with E-state index in [1.165, 1.54) is 11.1 Å². The number of hydrogen-bond acceptors (Lipinski definition) is 7. The zero-order chi connectivity index (χ0) is 22.1. The number of aromatic nitrogens is 2. The van der Waals surface area contributed by atoms with Gasteiger partial charge in [0.15, 0.2) is 0 Å². The van der Waals surface area contributed by atoms with Gasteiger partial charge in [-0.2, -0.15) is 4.98 Å². The summed E-state index contributed by atoms with van der Waals surface area (Å²) >= 11 is 5.90. The van der Waals surface area contributed by atoms with Gasteiger partial charge in [0.1, 0.15) is 6.20 Å². The number of anilines is 4. The van der Waals surface area contributed by atoms with E-state index in [9.17, 15) is 14.9 Å². The number of carbonyl (C=O) groups excluding carboxylic acids is 1. The minimum atomic E-state index is -0.528. The molecule has 0 aliphatic carbocycles. The lowest BCUT2D eigenvalue weighted by molar-refractivity contribution is -0.384. The minimum absolute atomic E-state index is 0.126. The number of urea groups is 1. The second-order valence-electron chi connectivity index (χ2n) is 7.00. The fraction of sp³-hybridized carbons (Fsp3) is 0.150. The number of nitrogens with zero attached hydrogens (tertiary/aromatic N) is 5. The zero-order valence-electron chi connectivity index (χ0n) is 16.4. The van der Waals surface area contributed by atoms with Crippen LogP contribution in [0.2, 0.25) is 5.02 Å². The number of fused-ring (bicyclic) bond motifs is 1. The lowest BCUT2D eigenvalue weighted by atomic mass is 10.1. The molecule has 0 saturated heterocycles. The third-order valence-corrected chi connectivity index (χ3v) is 5.23. The maximum Gasteiger partial charge on any atom is 0.330 e. The molecule has 1 aromatic heterocycles. The van der Waals surface area contributed by atoms with E-state index in [1.54, 1.807) is 36.2 Å². The van der Waals surface area contributed by atoms with Gasteiger partial charge in [0, 0.05) is 36.5 Å². The van der Waals surface area contributed by atoms with Gasteiger partial charge in [0.25, 0.3) is 0 Å². The van der Waals surface area contributed by atoms with Crippen LogP contribution in [-0.2, 0) is 13.1 Å². The highest BCUT2D eigenvalue weighted by Gasteiger charge is 2.25. The van der Waals surface area contributed by atoms with Crippen molar-refractivity contribution in [3.63, 3.8) is 0 Å². The van der Waals surface area contributed by atoms with E-state index in [1.807, 2.05) is 18.2 Å². The average molecular weight is 440 g/mol. The van der Waals surface area contributed by atoms with Crippen molar-refractivity contribution in [1.29, 1.82) is 0 Å². The van der Waals surface area contributed by atoms with Crippen molar-refractivity contribution in [3.8, 4) is 0 Å². The number of nitrogens with one attached hydrogen (secondary N) is 1. The first kappa shape index (κ1) is 20.4. The summed E-state index contributed by atoms with van der Waals surface area (Å²) < 4.78 is 0. The number of benzene rings is 2. The first-order valence-electron chi connectivity index (χ1n) is 9.26. The predicted octanol–water partition coefficient (Wildman–Crippen LogP) is 3.94. The second-order valence-corrected chi connectivity index (χ2v) is 7.43. The Morgan fingerprint density at radius 3 is 2.61 bits per heavy atom. The molecule has 11 heteroatoms. The number of amides is 2. The van der Waals surface area contributed by atoms with Crippen LogP contribution in [0.4, 0.5) is 33.6 Å². The van der Waals surface area contributed by atoms with E-state index >= 15 is 0 Å². The number of halogens is 1. The maximum absolute atomic E-state index is 11.6. The molecule has 0 bridgehead atoms. The summed E-state index contributed by atoms with van der Waals surface area (Å²) in [6, 6.07) is 12.0. The van der Waals surface area contributed by atoms with Gasteiger partial charge in [-0.15, -0.1) is 0 Å². The van der Waals surface area contributed by atoms with E-state index < -0.39 is 11.0 Å². The van der Waals surface area contributed by atoms with E-state index in [2.05, 4.69) is 15.3 Å². The average Bonchev–Trinajstić information content (AvgIpc) is 3.18. The van der Waals surface area contributed by atoms with Crippen LogP contribution in [0, 0.1) is 10.1 Å². The van der Waals surface area contributed by atoms with Crippen LogP contribution >= 0.6 is 11.6 Å². The molecule has 1 aliphatic rings. The fourth-order valence-electron chi connectivity index (χ4n) is 3.33. The third-order valence-electron chi connectivity index (χ3n) is 4.98. The second kappa shape index (κ2) is 8.07. The topological polar surface area (TPSA) is 131 Å². The van der Waals surface area contributed by atoms with Crippen molar-refractivity contribution >= 4 is 46.5 Å². The van der Waals surface area contributed by atoms with Gasteiger partial charge < -0.3 is 20.9 Å². The molecule has 3 N–H and O–H groups in total. The molecule has 0 radical (unpaired) electrons. The Morgan fingerprint density at radius 1 is 1.23 bits per heavy atom. The zero-order valence-corrected chi connectivity index (χ0v) is 17.2. The fourth-order valence-corrected chi connectivity index (χ4v) is 3.46. The van der Waals surface area contributed by atoms with Crippen molar-refractivity contribution in [1.82, 2.24) is 14.9 Å². The van der Waals surface area contributed by atoms with Crippen LogP contribution in [0.1, 0.15) is 11.1 Å². The van der Waals surface area contributed by atoms with Gasteiger partial charge >= 0.3 is 11.7 Å². The van der Waals surface area contributed by atoms with E-state index in [-0.39, 0.29) is 17.5 Å². The summed E-state index contributed by atoms with van der Waals surface area (Å²) in [6.07, 6.45) is 1.17. The molecule has 3 aromatic rings. The van der Waals surface area contributed by atoms with Crippen LogP contribution in [0.3, 0.4) is 0 Å². The smallest absolute Gasteiger partial charge is 0.330 e. The first-order valence-corrected chi connectivity index (χ1v) is 9.63. The minimum Gasteiger partial charge on any atom is -0.351 e. The van der Waals surface area contributed by atoms with E-state index in [0.717, 1.165) is 11.1 Å². The van der Waals surface area contributed by atoms with Crippen LogP contribution in [0.25, 0.3) is 0 Å². The molecule has 0 fully saturated rings. The molecular formula is C20H18ClN7O3. The van der Waals surface area contributed by atoms with Gasteiger partial charge in [-0.3, -0.25) is 10.1 Å². The Labute approximate surface area is 182 Å². The molecule has 1 aliphatic heterocycles. The molecule has 2 heterocycles. The van der Waals surface area contributed by atoms with Crippen molar-refractivity contribution in [2.24, 2.45) is 5.73 Å². The Balaban J connectivity index is 1.66. The number of carbonyl (C=O) groups is 1. The summed E-state index contributed by atoms with van der Waals surface area (Å²) in [5.74, 6) is 0.331. The van der Waals surface area contributed by atoms with Gasteiger partial charge in [0.2, 0.25) is 11.8 Å². The van der Waals surface area contributed by atoms with E-state index in [0.29, 0.717) is 29.5 Å². The van der Waals surface area contributed by atoms with Crippen molar-refractivity contribution in [3.05, 3.63) is 74.9 Å². The number of primary amides is 1. The monoisotopic (exact) mass is 439 g/mol. The number of hydrogen-bond donors (Lipinski definition) is 2. The lowest BCUT2D eigenvalue weighted by Crippen LogP contribution is -2.30. The van der Waals surface area contributed by atoms with Crippen LogP contribution in [-0.4, -0.2) is 32.9 Å². The summed E-state index contributed by atoms with van der Waals surface area (Å²) in [6.45, 7) is 0.832. The van der Waals surface area contributed by atoms with Crippen LogP contribution in [0.5, 0.6) is 0 Å².